The first-order chi connectivity index (χ1) is 9.95. The first-order valence-electron chi connectivity index (χ1n) is 7.25. The van der Waals surface area contributed by atoms with E-state index in [0.717, 1.165) is 32.3 Å². The van der Waals surface area contributed by atoms with E-state index in [2.05, 4.69) is 17.9 Å². The van der Waals surface area contributed by atoms with E-state index < -0.39 is 0 Å². The minimum Gasteiger partial charge on any atom is -0.463 e. The number of esters is 2. The number of rotatable bonds is 7. The summed E-state index contributed by atoms with van der Waals surface area (Å²) in [6, 6.07) is 0. The number of unbranched alkanes of at least 4 members (excludes halogenated alkanes) is 1. The fourth-order valence-corrected chi connectivity index (χ4v) is 1.61. The van der Waals surface area contributed by atoms with Gasteiger partial charge in [0.25, 0.3) is 0 Å². The van der Waals surface area contributed by atoms with Crippen molar-refractivity contribution in [3.63, 3.8) is 0 Å². The summed E-state index contributed by atoms with van der Waals surface area (Å²) in [5, 5.41) is 0. The van der Waals surface area contributed by atoms with Crippen LogP contribution in [0.1, 0.15) is 39.5 Å². The van der Waals surface area contributed by atoms with Crippen LogP contribution in [0.4, 0.5) is 0 Å². The quantitative estimate of drug-likeness (QED) is 0.313. The van der Waals surface area contributed by atoms with Crippen LogP contribution in [0.15, 0.2) is 24.8 Å². The molecular formula is C16H24O5. The lowest BCUT2D eigenvalue weighted by Gasteiger charge is -2.13. The number of carbonyl (C=O) groups is 2. The first kappa shape index (κ1) is 17.4. The van der Waals surface area contributed by atoms with Crippen LogP contribution in [-0.2, 0) is 23.8 Å². The van der Waals surface area contributed by atoms with Gasteiger partial charge in [0.2, 0.25) is 0 Å². The van der Waals surface area contributed by atoms with Crippen molar-refractivity contribution in [1.82, 2.24) is 0 Å². The predicted octanol–water partition coefficient (Wildman–Crippen LogP) is 2.55. The molecule has 1 atom stereocenters. The monoisotopic (exact) mass is 296 g/mol. The molecule has 1 heterocycles. The van der Waals surface area contributed by atoms with Crippen molar-refractivity contribution in [1.29, 1.82) is 0 Å². The van der Waals surface area contributed by atoms with Gasteiger partial charge in [-0.05, 0) is 26.2 Å². The summed E-state index contributed by atoms with van der Waals surface area (Å²) in [4.78, 5) is 21.5. The van der Waals surface area contributed by atoms with Crippen molar-refractivity contribution < 1.29 is 23.8 Å². The Morgan fingerprint density at radius 1 is 1.43 bits per heavy atom. The van der Waals surface area contributed by atoms with Crippen LogP contribution >= 0.6 is 0 Å². The molecule has 118 valence electrons. The van der Waals surface area contributed by atoms with Gasteiger partial charge in [0, 0.05) is 11.6 Å². The van der Waals surface area contributed by atoms with Crippen molar-refractivity contribution in [2.75, 3.05) is 13.2 Å². The van der Waals surface area contributed by atoms with E-state index in [1.54, 1.807) is 6.92 Å². The summed E-state index contributed by atoms with van der Waals surface area (Å²) in [7, 11) is 0. The van der Waals surface area contributed by atoms with Gasteiger partial charge in [-0.25, -0.2) is 9.59 Å². The highest BCUT2D eigenvalue weighted by Gasteiger charge is 2.59. The standard InChI is InChI=1S/C9H12O3.C7H12O2/c1-6(2)8(10)12-9(3-4-9)7-5-11-7;1-3-5-6-9-7(8)4-2/h7H,1,3-5H2,2H3;4H,2-3,5-6H2,1H3. The summed E-state index contributed by atoms with van der Waals surface area (Å²) in [6.07, 6.45) is 5.20. The summed E-state index contributed by atoms with van der Waals surface area (Å²) >= 11 is 0. The van der Waals surface area contributed by atoms with E-state index in [0.29, 0.717) is 12.2 Å². The van der Waals surface area contributed by atoms with Crippen LogP contribution in [0.25, 0.3) is 0 Å². The zero-order chi connectivity index (χ0) is 15.9. The van der Waals surface area contributed by atoms with E-state index in [1.165, 1.54) is 6.08 Å². The van der Waals surface area contributed by atoms with Gasteiger partial charge in [0.05, 0.1) is 13.2 Å². The van der Waals surface area contributed by atoms with Crippen molar-refractivity contribution in [3.8, 4) is 0 Å². The van der Waals surface area contributed by atoms with Crippen LogP contribution < -0.4 is 0 Å². The summed E-state index contributed by atoms with van der Waals surface area (Å²) in [6.45, 7) is 11.8. The fourth-order valence-electron chi connectivity index (χ4n) is 1.61. The Kier molecular flexibility index (Phi) is 6.62. The Bertz CT molecular complexity index is 405. The molecule has 0 aromatic rings. The maximum absolute atomic E-state index is 11.2. The fraction of sp³-hybridized carbons (Fsp3) is 0.625. The summed E-state index contributed by atoms with van der Waals surface area (Å²) < 4.78 is 15.1. The summed E-state index contributed by atoms with van der Waals surface area (Å²) in [5.41, 5.74) is 0.192. The molecule has 2 aliphatic rings. The average Bonchev–Trinajstić information content (AvgIpc) is 3.32. The molecule has 2 rings (SSSR count). The lowest BCUT2D eigenvalue weighted by Crippen LogP contribution is -2.25. The van der Waals surface area contributed by atoms with Crippen molar-refractivity contribution in [2.24, 2.45) is 0 Å². The zero-order valence-corrected chi connectivity index (χ0v) is 12.9. The van der Waals surface area contributed by atoms with Crippen molar-refractivity contribution in [2.45, 2.75) is 51.2 Å². The second-order valence-corrected chi connectivity index (χ2v) is 5.28. The van der Waals surface area contributed by atoms with Crippen LogP contribution in [-0.4, -0.2) is 36.9 Å². The first-order valence-corrected chi connectivity index (χ1v) is 7.25. The molecule has 0 bridgehead atoms. The van der Waals surface area contributed by atoms with Gasteiger partial charge < -0.3 is 14.2 Å². The van der Waals surface area contributed by atoms with E-state index in [4.69, 9.17) is 9.47 Å². The van der Waals surface area contributed by atoms with E-state index in [1.807, 2.05) is 6.92 Å². The molecule has 0 radical (unpaired) electrons. The molecule has 0 N–H and O–H groups in total. The molecule has 0 amide bonds. The molecule has 5 heteroatoms. The minimum atomic E-state index is -0.330. The molecule has 0 aromatic carbocycles. The number of carbonyl (C=O) groups excluding carboxylic acids is 2. The highest BCUT2D eigenvalue weighted by molar-refractivity contribution is 5.87. The molecule has 1 saturated carbocycles. The summed E-state index contributed by atoms with van der Waals surface area (Å²) in [5.74, 6) is -0.619. The Balaban J connectivity index is 0.000000222. The van der Waals surface area contributed by atoms with E-state index >= 15 is 0 Å². The van der Waals surface area contributed by atoms with Gasteiger partial charge in [0.1, 0.15) is 11.7 Å². The molecule has 1 saturated heterocycles. The second kappa shape index (κ2) is 7.98. The Hall–Kier alpha value is -1.62. The Morgan fingerprint density at radius 3 is 2.43 bits per heavy atom. The third-order valence-electron chi connectivity index (χ3n) is 3.22. The minimum absolute atomic E-state index is 0.167. The van der Waals surface area contributed by atoms with Gasteiger partial charge >= 0.3 is 11.9 Å². The highest BCUT2D eigenvalue weighted by atomic mass is 16.6. The molecule has 1 unspecified atom stereocenters. The third-order valence-corrected chi connectivity index (χ3v) is 3.22. The second-order valence-electron chi connectivity index (χ2n) is 5.28. The van der Waals surface area contributed by atoms with Crippen molar-refractivity contribution in [3.05, 3.63) is 24.8 Å². The maximum atomic E-state index is 11.2. The maximum Gasteiger partial charge on any atom is 0.333 e. The normalized spacial score (nSPS) is 20.4. The van der Waals surface area contributed by atoms with Gasteiger partial charge in [-0.2, -0.15) is 0 Å². The van der Waals surface area contributed by atoms with Gasteiger partial charge in [-0.1, -0.05) is 26.5 Å². The van der Waals surface area contributed by atoms with Gasteiger partial charge in [-0.15, -0.1) is 0 Å². The third kappa shape index (κ3) is 6.12. The number of hydrogen-bond donors (Lipinski definition) is 0. The average molecular weight is 296 g/mol. The molecule has 1 aliphatic carbocycles. The number of epoxide rings is 1. The largest absolute Gasteiger partial charge is 0.463 e. The van der Waals surface area contributed by atoms with Crippen LogP contribution in [0, 0.1) is 0 Å². The number of ether oxygens (including phenoxy) is 3. The lowest BCUT2D eigenvalue weighted by atomic mass is 10.2. The smallest absolute Gasteiger partial charge is 0.333 e. The van der Waals surface area contributed by atoms with E-state index in [9.17, 15) is 9.59 Å². The Labute approximate surface area is 125 Å². The van der Waals surface area contributed by atoms with Crippen LogP contribution in [0.5, 0.6) is 0 Å². The molecule has 21 heavy (non-hydrogen) atoms. The Morgan fingerprint density at radius 2 is 2.05 bits per heavy atom. The predicted molar refractivity (Wildman–Crippen MR) is 78.7 cm³/mol. The molecule has 5 nitrogen and oxygen atoms in total. The molecule has 0 spiro atoms. The lowest BCUT2D eigenvalue weighted by molar-refractivity contribution is -0.147. The topological polar surface area (TPSA) is 65.1 Å². The van der Waals surface area contributed by atoms with E-state index in [-0.39, 0.29) is 23.6 Å². The van der Waals surface area contributed by atoms with Gasteiger partial charge in [-0.3, -0.25) is 0 Å². The molecule has 2 fully saturated rings. The van der Waals surface area contributed by atoms with Gasteiger partial charge in [0.15, 0.2) is 0 Å². The molecular weight excluding hydrogens is 272 g/mol. The zero-order valence-electron chi connectivity index (χ0n) is 12.9. The molecule has 1 aliphatic heterocycles. The SMILES string of the molecule is C=C(C)C(=O)OC1(C2CO2)CC1.C=CC(=O)OCCCC. The van der Waals surface area contributed by atoms with Crippen molar-refractivity contribution >= 4 is 11.9 Å². The van der Waals surface area contributed by atoms with Crippen LogP contribution in [0.2, 0.25) is 0 Å². The van der Waals surface area contributed by atoms with Crippen LogP contribution in [0.3, 0.4) is 0 Å². The number of hydrogen-bond acceptors (Lipinski definition) is 5. The highest BCUT2D eigenvalue weighted by Crippen LogP contribution is 2.48. The molecule has 0 aromatic heterocycles.